The molecule has 1 aromatic carbocycles. The molecule has 0 bridgehead atoms. The molecule has 1 aromatic rings. The van der Waals surface area contributed by atoms with Gasteiger partial charge in [0.05, 0.1) is 15.8 Å². The number of fused-ring (bicyclic) bond motifs is 1. The van der Waals surface area contributed by atoms with Crippen LogP contribution in [0.25, 0.3) is 0 Å². The molecule has 0 unspecified atom stereocenters. The van der Waals surface area contributed by atoms with Crippen LogP contribution < -0.4 is 10.0 Å². The smallest absolute Gasteiger partial charge is 0.240 e. The van der Waals surface area contributed by atoms with Crippen molar-refractivity contribution in [3.05, 3.63) is 18.2 Å². The summed E-state index contributed by atoms with van der Waals surface area (Å²) in [6.45, 7) is 1.83. The molecule has 0 saturated heterocycles. The molecule has 1 heterocycles. The maximum absolute atomic E-state index is 12.5. The van der Waals surface area contributed by atoms with Gasteiger partial charge in [-0.25, -0.2) is 13.1 Å². The van der Waals surface area contributed by atoms with Gasteiger partial charge in [0.1, 0.15) is 0 Å². The summed E-state index contributed by atoms with van der Waals surface area (Å²) in [7, 11) is -3.53. The Morgan fingerprint density at radius 1 is 1.23 bits per heavy atom. The van der Waals surface area contributed by atoms with Crippen molar-refractivity contribution >= 4 is 33.4 Å². The molecule has 7 heteroatoms. The van der Waals surface area contributed by atoms with E-state index in [4.69, 9.17) is 0 Å². The summed E-state index contributed by atoms with van der Waals surface area (Å²) in [6.07, 6.45) is 5.12. The highest BCUT2D eigenvalue weighted by atomic mass is 32.2. The largest absolute Gasteiger partial charge is 0.324 e. The molecular formula is C15H20N2O3S2. The molecule has 1 saturated carbocycles. The van der Waals surface area contributed by atoms with Crippen molar-refractivity contribution in [3.8, 4) is 0 Å². The second kappa shape index (κ2) is 6.22. The van der Waals surface area contributed by atoms with Crippen molar-refractivity contribution in [1.82, 2.24) is 4.72 Å². The Balaban J connectivity index is 1.82. The lowest BCUT2D eigenvalue weighted by Crippen LogP contribution is -2.36. The fraction of sp³-hybridized carbons (Fsp3) is 0.533. The molecule has 0 aromatic heterocycles. The van der Waals surface area contributed by atoms with E-state index in [0.717, 1.165) is 30.6 Å². The Morgan fingerprint density at radius 3 is 2.68 bits per heavy atom. The lowest BCUT2D eigenvalue weighted by molar-refractivity contribution is -0.115. The third-order valence-corrected chi connectivity index (χ3v) is 6.81. The van der Waals surface area contributed by atoms with Gasteiger partial charge < -0.3 is 5.32 Å². The number of hydrogen-bond donors (Lipinski definition) is 2. The second-order valence-corrected chi connectivity index (χ2v) is 8.96. The number of hydrogen-bond acceptors (Lipinski definition) is 4. The van der Waals surface area contributed by atoms with Gasteiger partial charge in [0.15, 0.2) is 0 Å². The number of amides is 1. The van der Waals surface area contributed by atoms with Gasteiger partial charge in [0.2, 0.25) is 15.9 Å². The summed E-state index contributed by atoms with van der Waals surface area (Å²) in [4.78, 5) is 12.9. The summed E-state index contributed by atoms with van der Waals surface area (Å²) in [6, 6.07) is 4.96. The molecule has 22 heavy (non-hydrogen) atoms. The van der Waals surface area contributed by atoms with E-state index in [1.165, 1.54) is 18.2 Å². The van der Waals surface area contributed by atoms with Crippen molar-refractivity contribution in [2.45, 2.75) is 60.1 Å². The van der Waals surface area contributed by atoms with Gasteiger partial charge in [0, 0.05) is 10.9 Å². The van der Waals surface area contributed by atoms with Crippen LogP contribution in [-0.4, -0.2) is 25.6 Å². The number of benzene rings is 1. The summed E-state index contributed by atoms with van der Waals surface area (Å²) in [5.74, 6) is -0.0905. The molecule has 1 aliphatic carbocycles. The first-order valence-electron chi connectivity index (χ1n) is 7.59. The molecule has 3 rings (SSSR count). The molecule has 5 nitrogen and oxygen atoms in total. The molecule has 1 aliphatic heterocycles. The number of nitrogens with one attached hydrogen (secondary N) is 2. The van der Waals surface area contributed by atoms with Gasteiger partial charge in [-0.05, 0) is 38.0 Å². The number of thioether (sulfide) groups is 1. The van der Waals surface area contributed by atoms with Gasteiger partial charge in [-0.1, -0.05) is 19.3 Å². The lowest BCUT2D eigenvalue weighted by Gasteiger charge is -2.24. The van der Waals surface area contributed by atoms with Crippen LogP contribution >= 0.6 is 11.8 Å². The van der Waals surface area contributed by atoms with Crippen LogP contribution in [0.15, 0.2) is 28.0 Å². The van der Waals surface area contributed by atoms with Crippen LogP contribution in [0, 0.1) is 0 Å². The summed E-state index contributed by atoms with van der Waals surface area (Å²) in [5.41, 5.74) is 0.583. The molecule has 0 radical (unpaired) electrons. The fourth-order valence-corrected chi connectivity index (χ4v) is 5.12. The highest BCUT2D eigenvalue weighted by Crippen LogP contribution is 2.36. The van der Waals surface area contributed by atoms with Crippen molar-refractivity contribution in [3.63, 3.8) is 0 Å². The molecule has 1 fully saturated rings. The minimum Gasteiger partial charge on any atom is -0.324 e. The molecule has 2 N–H and O–H groups in total. The Hall–Kier alpha value is -1.05. The Morgan fingerprint density at radius 2 is 1.95 bits per heavy atom. The van der Waals surface area contributed by atoms with Crippen molar-refractivity contribution in [2.24, 2.45) is 0 Å². The standard InChI is InChI=1S/C15H20N2O3S2/c1-10-15(18)16-13-9-12(7-8-14(13)21-10)22(19,20)17-11-5-3-2-4-6-11/h7-11,17H,2-6H2,1H3,(H,16,18)/t10-/m0/s1. The van der Waals surface area contributed by atoms with Crippen LogP contribution in [0.3, 0.4) is 0 Å². The minimum atomic E-state index is -3.53. The van der Waals surface area contributed by atoms with E-state index in [0.29, 0.717) is 5.69 Å². The number of rotatable bonds is 3. The van der Waals surface area contributed by atoms with E-state index in [-0.39, 0.29) is 22.1 Å². The predicted molar refractivity (Wildman–Crippen MR) is 87.6 cm³/mol. The number of carbonyl (C=O) groups is 1. The van der Waals surface area contributed by atoms with E-state index < -0.39 is 10.0 Å². The van der Waals surface area contributed by atoms with Crippen LogP contribution in [0.2, 0.25) is 0 Å². The summed E-state index contributed by atoms with van der Waals surface area (Å²) < 4.78 is 27.8. The highest BCUT2D eigenvalue weighted by Gasteiger charge is 2.26. The lowest BCUT2D eigenvalue weighted by atomic mass is 9.96. The minimum absolute atomic E-state index is 0.0266. The second-order valence-electron chi connectivity index (χ2n) is 5.86. The summed E-state index contributed by atoms with van der Waals surface area (Å²) >= 11 is 1.45. The Bertz CT molecular complexity index is 682. The average molecular weight is 340 g/mol. The number of anilines is 1. The van der Waals surface area contributed by atoms with Gasteiger partial charge in [0.25, 0.3) is 0 Å². The highest BCUT2D eigenvalue weighted by molar-refractivity contribution is 8.01. The Kier molecular flexibility index (Phi) is 4.47. The molecule has 1 amide bonds. The van der Waals surface area contributed by atoms with E-state index in [1.54, 1.807) is 18.2 Å². The van der Waals surface area contributed by atoms with E-state index >= 15 is 0 Å². The van der Waals surface area contributed by atoms with Gasteiger partial charge in [-0.2, -0.15) is 0 Å². The summed E-state index contributed by atoms with van der Waals surface area (Å²) in [5, 5.41) is 2.62. The van der Waals surface area contributed by atoms with E-state index in [9.17, 15) is 13.2 Å². The number of sulfonamides is 1. The average Bonchev–Trinajstić information content (AvgIpc) is 2.48. The van der Waals surface area contributed by atoms with Crippen LogP contribution in [-0.2, 0) is 14.8 Å². The zero-order valence-electron chi connectivity index (χ0n) is 12.5. The van der Waals surface area contributed by atoms with Gasteiger partial charge >= 0.3 is 0 Å². The molecular weight excluding hydrogens is 320 g/mol. The van der Waals surface area contributed by atoms with Crippen molar-refractivity contribution in [2.75, 3.05) is 5.32 Å². The zero-order chi connectivity index (χ0) is 15.7. The number of carbonyl (C=O) groups excluding carboxylic acids is 1. The first-order valence-corrected chi connectivity index (χ1v) is 9.96. The predicted octanol–water partition coefficient (Wildman–Crippen LogP) is 2.73. The third kappa shape index (κ3) is 3.31. The van der Waals surface area contributed by atoms with Crippen LogP contribution in [0.1, 0.15) is 39.0 Å². The maximum atomic E-state index is 12.5. The SMILES string of the molecule is C[C@@H]1Sc2ccc(S(=O)(=O)NC3CCCCC3)cc2NC1=O. The monoisotopic (exact) mass is 340 g/mol. The molecule has 0 spiro atoms. The third-order valence-electron chi connectivity index (χ3n) is 4.12. The van der Waals surface area contributed by atoms with Crippen LogP contribution in [0.5, 0.6) is 0 Å². The molecule has 120 valence electrons. The van der Waals surface area contributed by atoms with Crippen molar-refractivity contribution < 1.29 is 13.2 Å². The van der Waals surface area contributed by atoms with E-state index in [2.05, 4.69) is 10.0 Å². The molecule has 1 atom stereocenters. The molecule has 2 aliphatic rings. The Labute approximate surface area is 135 Å². The quantitative estimate of drug-likeness (QED) is 0.887. The van der Waals surface area contributed by atoms with Crippen molar-refractivity contribution in [1.29, 1.82) is 0 Å². The normalized spacial score (nSPS) is 23.0. The topological polar surface area (TPSA) is 75.3 Å². The van der Waals surface area contributed by atoms with Crippen LogP contribution in [0.4, 0.5) is 5.69 Å². The fourth-order valence-electron chi connectivity index (χ4n) is 2.86. The zero-order valence-corrected chi connectivity index (χ0v) is 14.1. The first kappa shape index (κ1) is 15.8. The van der Waals surface area contributed by atoms with E-state index in [1.807, 2.05) is 6.92 Å². The van der Waals surface area contributed by atoms with Gasteiger partial charge in [-0.15, -0.1) is 11.8 Å². The first-order chi connectivity index (χ1) is 10.5. The maximum Gasteiger partial charge on any atom is 0.240 e. The van der Waals surface area contributed by atoms with Gasteiger partial charge in [-0.3, -0.25) is 4.79 Å².